The minimum absolute atomic E-state index is 0.247. The molecule has 0 saturated carbocycles. The zero-order chi connectivity index (χ0) is 14.1. The largest absolute Gasteiger partial charge is 0.370 e. The lowest BCUT2D eigenvalue weighted by atomic mass is 10.0. The number of hydrogen-bond acceptors (Lipinski definition) is 4. The molecule has 2 heterocycles. The maximum Gasteiger partial charge on any atom is 0.252 e. The highest BCUT2D eigenvalue weighted by Gasteiger charge is 2.22. The highest BCUT2D eigenvalue weighted by atomic mass is 16.1. The van der Waals surface area contributed by atoms with E-state index in [-0.39, 0.29) is 6.04 Å². The molecule has 1 amide bonds. The second-order valence-electron chi connectivity index (χ2n) is 5.23. The Morgan fingerprint density at radius 1 is 1.25 bits per heavy atom. The SMILES string of the molecule is NC(=O)c1cnc2ccccc2c1N1CCC(N)CC1. The molecule has 0 radical (unpaired) electrons. The molecule has 104 valence electrons. The molecule has 1 fully saturated rings. The second kappa shape index (κ2) is 5.09. The molecule has 4 N–H and O–H groups in total. The number of carbonyl (C=O) groups excluding carboxylic acids is 1. The standard InChI is InChI=1S/C15H18N4O/c16-10-5-7-19(8-6-10)14-11-3-1-2-4-13(11)18-9-12(14)15(17)20/h1-4,9-10H,5-8,16H2,(H2,17,20). The molecule has 1 saturated heterocycles. The fourth-order valence-electron chi connectivity index (χ4n) is 2.77. The van der Waals surface area contributed by atoms with Crippen molar-refractivity contribution in [1.82, 2.24) is 4.98 Å². The summed E-state index contributed by atoms with van der Waals surface area (Å²) >= 11 is 0. The van der Waals surface area contributed by atoms with Gasteiger partial charge >= 0.3 is 0 Å². The lowest BCUT2D eigenvalue weighted by Gasteiger charge is -2.33. The van der Waals surface area contributed by atoms with E-state index in [0.717, 1.165) is 42.5 Å². The fraction of sp³-hybridized carbons (Fsp3) is 0.333. The average Bonchev–Trinajstić information content (AvgIpc) is 2.47. The van der Waals surface area contributed by atoms with Crippen LogP contribution in [0, 0.1) is 0 Å². The first-order valence-corrected chi connectivity index (χ1v) is 6.85. The Kier molecular flexibility index (Phi) is 3.28. The van der Waals surface area contributed by atoms with E-state index < -0.39 is 5.91 Å². The van der Waals surface area contributed by atoms with Crippen LogP contribution in [0.15, 0.2) is 30.5 Å². The molecule has 1 aliphatic heterocycles. The maximum absolute atomic E-state index is 11.7. The molecule has 0 bridgehead atoms. The van der Waals surface area contributed by atoms with Crippen LogP contribution in [0.25, 0.3) is 10.9 Å². The van der Waals surface area contributed by atoms with Gasteiger partial charge in [-0.3, -0.25) is 9.78 Å². The van der Waals surface area contributed by atoms with Crippen molar-refractivity contribution in [2.24, 2.45) is 11.5 Å². The Morgan fingerprint density at radius 3 is 2.65 bits per heavy atom. The van der Waals surface area contributed by atoms with Crippen LogP contribution in [-0.4, -0.2) is 30.0 Å². The summed E-state index contributed by atoms with van der Waals surface area (Å²) < 4.78 is 0. The van der Waals surface area contributed by atoms with Gasteiger partial charge in [-0.1, -0.05) is 18.2 Å². The van der Waals surface area contributed by atoms with Crippen LogP contribution in [-0.2, 0) is 0 Å². The minimum Gasteiger partial charge on any atom is -0.370 e. The van der Waals surface area contributed by atoms with Gasteiger partial charge in [-0.15, -0.1) is 0 Å². The van der Waals surface area contributed by atoms with Crippen molar-refractivity contribution in [3.63, 3.8) is 0 Å². The van der Waals surface area contributed by atoms with E-state index in [1.165, 1.54) is 0 Å². The van der Waals surface area contributed by atoms with Crippen LogP contribution in [0.5, 0.6) is 0 Å². The number of para-hydroxylation sites is 1. The predicted molar refractivity (Wildman–Crippen MR) is 79.7 cm³/mol. The Bertz CT molecular complexity index is 647. The van der Waals surface area contributed by atoms with Crippen LogP contribution in [0.1, 0.15) is 23.2 Å². The van der Waals surface area contributed by atoms with Crippen molar-refractivity contribution in [2.45, 2.75) is 18.9 Å². The molecule has 1 aliphatic rings. The predicted octanol–water partition coefficient (Wildman–Crippen LogP) is 1.26. The van der Waals surface area contributed by atoms with Crippen molar-refractivity contribution in [2.75, 3.05) is 18.0 Å². The molecule has 20 heavy (non-hydrogen) atoms. The number of benzene rings is 1. The lowest BCUT2D eigenvalue weighted by molar-refractivity contribution is 0.100. The van der Waals surface area contributed by atoms with E-state index in [4.69, 9.17) is 11.5 Å². The third-order valence-electron chi connectivity index (χ3n) is 3.87. The van der Waals surface area contributed by atoms with Crippen molar-refractivity contribution in [3.05, 3.63) is 36.0 Å². The molecule has 5 nitrogen and oxygen atoms in total. The number of fused-ring (bicyclic) bond motifs is 1. The first kappa shape index (κ1) is 12.9. The number of rotatable bonds is 2. The van der Waals surface area contributed by atoms with Gasteiger partial charge in [-0.2, -0.15) is 0 Å². The van der Waals surface area contributed by atoms with Crippen LogP contribution >= 0.6 is 0 Å². The average molecular weight is 270 g/mol. The van der Waals surface area contributed by atoms with Gasteiger partial charge in [0.1, 0.15) is 0 Å². The Morgan fingerprint density at radius 2 is 1.95 bits per heavy atom. The summed E-state index contributed by atoms with van der Waals surface area (Å²) in [6.45, 7) is 1.69. The number of piperidine rings is 1. The van der Waals surface area contributed by atoms with Crippen LogP contribution in [0.4, 0.5) is 5.69 Å². The zero-order valence-corrected chi connectivity index (χ0v) is 11.2. The highest BCUT2D eigenvalue weighted by Crippen LogP contribution is 2.31. The van der Waals surface area contributed by atoms with E-state index in [9.17, 15) is 4.79 Å². The van der Waals surface area contributed by atoms with Crippen molar-refractivity contribution in [1.29, 1.82) is 0 Å². The van der Waals surface area contributed by atoms with Gasteiger partial charge in [-0.05, 0) is 18.9 Å². The van der Waals surface area contributed by atoms with Gasteiger partial charge in [0.05, 0.1) is 16.8 Å². The van der Waals surface area contributed by atoms with Crippen LogP contribution < -0.4 is 16.4 Å². The summed E-state index contributed by atoms with van der Waals surface area (Å²) in [5.74, 6) is -0.437. The summed E-state index contributed by atoms with van der Waals surface area (Å²) in [7, 11) is 0. The van der Waals surface area contributed by atoms with E-state index in [0.29, 0.717) is 5.56 Å². The lowest BCUT2D eigenvalue weighted by Crippen LogP contribution is -2.40. The number of nitrogens with two attached hydrogens (primary N) is 2. The summed E-state index contributed by atoms with van der Waals surface area (Å²) in [6, 6.07) is 8.07. The first-order chi connectivity index (χ1) is 9.66. The van der Waals surface area contributed by atoms with Gasteiger partial charge in [0, 0.05) is 30.7 Å². The monoisotopic (exact) mass is 270 g/mol. The molecule has 3 rings (SSSR count). The summed E-state index contributed by atoms with van der Waals surface area (Å²) in [5, 5.41) is 0.972. The second-order valence-corrected chi connectivity index (χ2v) is 5.23. The Balaban J connectivity index is 2.15. The number of pyridine rings is 1. The number of amides is 1. The molecule has 5 heteroatoms. The first-order valence-electron chi connectivity index (χ1n) is 6.85. The van der Waals surface area contributed by atoms with E-state index >= 15 is 0 Å². The quantitative estimate of drug-likeness (QED) is 0.860. The molecule has 1 aromatic heterocycles. The molecule has 0 unspecified atom stereocenters. The number of hydrogen-bond donors (Lipinski definition) is 2. The van der Waals surface area contributed by atoms with Crippen LogP contribution in [0.2, 0.25) is 0 Å². The Labute approximate surface area is 117 Å². The number of anilines is 1. The number of carbonyl (C=O) groups is 1. The smallest absolute Gasteiger partial charge is 0.252 e. The zero-order valence-electron chi connectivity index (χ0n) is 11.2. The molecule has 0 spiro atoms. The van der Waals surface area contributed by atoms with Gasteiger partial charge in [0.25, 0.3) is 5.91 Å². The molecule has 0 aliphatic carbocycles. The normalized spacial score (nSPS) is 16.6. The van der Waals surface area contributed by atoms with Crippen molar-refractivity contribution in [3.8, 4) is 0 Å². The van der Waals surface area contributed by atoms with E-state index in [1.807, 2.05) is 24.3 Å². The Hall–Kier alpha value is -2.14. The molecular formula is C15H18N4O. The van der Waals surface area contributed by atoms with Crippen molar-refractivity contribution < 1.29 is 4.79 Å². The summed E-state index contributed by atoms with van der Waals surface area (Å²) in [6.07, 6.45) is 3.43. The van der Waals surface area contributed by atoms with E-state index in [2.05, 4.69) is 9.88 Å². The fourth-order valence-corrected chi connectivity index (χ4v) is 2.77. The topological polar surface area (TPSA) is 85.2 Å². The number of primary amides is 1. The third-order valence-corrected chi connectivity index (χ3v) is 3.87. The highest BCUT2D eigenvalue weighted by molar-refractivity contribution is 6.06. The van der Waals surface area contributed by atoms with Gasteiger partial charge < -0.3 is 16.4 Å². The molecular weight excluding hydrogens is 252 g/mol. The van der Waals surface area contributed by atoms with E-state index in [1.54, 1.807) is 6.20 Å². The van der Waals surface area contributed by atoms with Crippen LogP contribution in [0.3, 0.4) is 0 Å². The maximum atomic E-state index is 11.7. The molecule has 0 atom stereocenters. The number of aromatic nitrogens is 1. The minimum atomic E-state index is -0.437. The summed E-state index contributed by atoms with van der Waals surface area (Å²) in [4.78, 5) is 18.2. The summed E-state index contributed by atoms with van der Waals surface area (Å²) in [5.41, 5.74) is 13.7. The third kappa shape index (κ3) is 2.20. The molecule has 2 aromatic rings. The number of nitrogens with zero attached hydrogens (tertiary/aromatic N) is 2. The van der Waals surface area contributed by atoms with Gasteiger partial charge in [-0.25, -0.2) is 0 Å². The van der Waals surface area contributed by atoms with Gasteiger partial charge in [0.2, 0.25) is 0 Å². The van der Waals surface area contributed by atoms with Gasteiger partial charge in [0.15, 0.2) is 0 Å². The molecule has 1 aromatic carbocycles. The van der Waals surface area contributed by atoms with Crippen molar-refractivity contribution >= 4 is 22.5 Å².